The summed E-state index contributed by atoms with van der Waals surface area (Å²) >= 11 is 5.94. The third-order valence-corrected chi connectivity index (χ3v) is 4.53. The zero-order chi connectivity index (χ0) is 16.8. The fourth-order valence-corrected chi connectivity index (χ4v) is 3.01. The number of halogens is 1. The van der Waals surface area contributed by atoms with E-state index < -0.39 is 0 Å². The SMILES string of the molecule is O=C(CCN1CCN(c2ccc(Cl)cc2)CC1)Nc1ccccc1. The maximum atomic E-state index is 12.0. The molecule has 0 bridgehead atoms. The van der Waals surface area contributed by atoms with Crippen molar-refractivity contribution < 1.29 is 4.79 Å². The fourth-order valence-electron chi connectivity index (χ4n) is 2.89. The molecule has 1 aliphatic rings. The second kappa shape index (κ2) is 8.18. The Balaban J connectivity index is 1.41. The van der Waals surface area contributed by atoms with Crippen LogP contribution in [-0.2, 0) is 4.79 Å². The van der Waals surface area contributed by atoms with E-state index in [4.69, 9.17) is 11.6 Å². The minimum absolute atomic E-state index is 0.0707. The number of amides is 1. The molecule has 1 aliphatic heterocycles. The number of anilines is 2. The van der Waals surface area contributed by atoms with E-state index in [0.29, 0.717) is 6.42 Å². The predicted octanol–water partition coefficient (Wildman–Crippen LogP) is 3.49. The average molecular weight is 344 g/mol. The third kappa shape index (κ3) is 4.73. The van der Waals surface area contributed by atoms with Crippen LogP contribution in [0.5, 0.6) is 0 Å². The summed E-state index contributed by atoms with van der Waals surface area (Å²) in [6.07, 6.45) is 0.524. The lowest BCUT2D eigenvalue weighted by atomic mass is 10.2. The van der Waals surface area contributed by atoms with Crippen LogP contribution in [0.15, 0.2) is 54.6 Å². The van der Waals surface area contributed by atoms with Gasteiger partial charge in [0.05, 0.1) is 0 Å². The number of carbonyl (C=O) groups is 1. The molecule has 5 heteroatoms. The maximum Gasteiger partial charge on any atom is 0.225 e. The van der Waals surface area contributed by atoms with E-state index >= 15 is 0 Å². The van der Waals surface area contributed by atoms with Crippen LogP contribution in [0.3, 0.4) is 0 Å². The average Bonchev–Trinajstić information content (AvgIpc) is 2.62. The third-order valence-electron chi connectivity index (χ3n) is 4.28. The van der Waals surface area contributed by atoms with Crippen LogP contribution in [-0.4, -0.2) is 43.5 Å². The number of para-hydroxylation sites is 1. The summed E-state index contributed by atoms with van der Waals surface area (Å²) in [5.74, 6) is 0.0707. The number of hydrogen-bond donors (Lipinski definition) is 1. The van der Waals surface area contributed by atoms with Crippen molar-refractivity contribution in [2.24, 2.45) is 0 Å². The molecule has 0 aromatic heterocycles. The number of rotatable bonds is 5. The van der Waals surface area contributed by atoms with Gasteiger partial charge < -0.3 is 10.2 Å². The zero-order valence-electron chi connectivity index (χ0n) is 13.6. The summed E-state index contributed by atoms with van der Waals surface area (Å²) in [6.45, 7) is 4.69. The van der Waals surface area contributed by atoms with Gasteiger partial charge in [-0.25, -0.2) is 0 Å². The quantitative estimate of drug-likeness (QED) is 0.902. The summed E-state index contributed by atoms with van der Waals surface area (Å²) in [4.78, 5) is 16.7. The predicted molar refractivity (Wildman–Crippen MR) is 99.8 cm³/mol. The van der Waals surface area contributed by atoms with Crippen molar-refractivity contribution in [3.63, 3.8) is 0 Å². The summed E-state index contributed by atoms with van der Waals surface area (Å²) in [6, 6.07) is 17.6. The Morgan fingerprint density at radius 3 is 2.29 bits per heavy atom. The Morgan fingerprint density at radius 1 is 0.958 bits per heavy atom. The molecule has 126 valence electrons. The number of nitrogens with zero attached hydrogens (tertiary/aromatic N) is 2. The molecule has 2 aromatic carbocycles. The Morgan fingerprint density at radius 2 is 1.62 bits per heavy atom. The molecule has 0 aliphatic carbocycles. The van der Waals surface area contributed by atoms with Crippen molar-refractivity contribution >= 4 is 28.9 Å². The van der Waals surface area contributed by atoms with Crippen LogP contribution < -0.4 is 10.2 Å². The molecule has 0 radical (unpaired) electrons. The van der Waals surface area contributed by atoms with Gasteiger partial charge in [-0.3, -0.25) is 9.69 Å². The Kier molecular flexibility index (Phi) is 5.72. The standard InChI is InChI=1S/C19H22ClN3O/c20-16-6-8-18(9-7-16)23-14-12-22(13-15-23)11-10-19(24)21-17-4-2-1-3-5-17/h1-9H,10-15H2,(H,21,24). The van der Waals surface area contributed by atoms with Gasteiger partial charge in [-0.15, -0.1) is 0 Å². The van der Waals surface area contributed by atoms with Crippen molar-refractivity contribution in [1.82, 2.24) is 4.90 Å². The lowest BCUT2D eigenvalue weighted by Crippen LogP contribution is -2.47. The van der Waals surface area contributed by atoms with Gasteiger partial charge >= 0.3 is 0 Å². The first kappa shape index (κ1) is 16.8. The van der Waals surface area contributed by atoms with Crippen molar-refractivity contribution in [3.05, 3.63) is 59.6 Å². The molecule has 1 amide bonds. The minimum atomic E-state index is 0.0707. The summed E-state index contributed by atoms with van der Waals surface area (Å²) in [5.41, 5.74) is 2.07. The Hall–Kier alpha value is -2.04. The highest BCUT2D eigenvalue weighted by Crippen LogP contribution is 2.19. The van der Waals surface area contributed by atoms with Crippen LogP contribution in [0.1, 0.15) is 6.42 Å². The molecule has 4 nitrogen and oxygen atoms in total. The maximum absolute atomic E-state index is 12.0. The van der Waals surface area contributed by atoms with E-state index in [-0.39, 0.29) is 5.91 Å². The van der Waals surface area contributed by atoms with Crippen molar-refractivity contribution in [1.29, 1.82) is 0 Å². The van der Waals surface area contributed by atoms with Crippen LogP contribution in [0.4, 0.5) is 11.4 Å². The molecule has 0 saturated carbocycles. The minimum Gasteiger partial charge on any atom is -0.369 e. The molecule has 3 rings (SSSR count). The van der Waals surface area contributed by atoms with Gasteiger partial charge in [0, 0.05) is 55.5 Å². The highest BCUT2D eigenvalue weighted by Gasteiger charge is 2.17. The first-order valence-electron chi connectivity index (χ1n) is 8.28. The van der Waals surface area contributed by atoms with Gasteiger partial charge in [0.2, 0.25) is 5.91 Å². The molecule has 0 spiro atoms. The normalized spacial score (nSPS) is 15.3. The van der Waals surface area contributed by atoms with Crippen LogP contribution >= 0.6 is 11.6 Å². The number of benzene rings is 2. The van der Waals surface area contributed by atoms with E-state index in [9.17, 15) is 4.79 Å². The molecular formula is C19H22ClN3O. The first-order chi connectivity index (χ1) is 11.7. The van der Waals surface area contributed by atoms with Gasteiger partial charge in [-0.05, 0) is 36.4 Å². The number of piperazine rings is 1. The highest BCUT2D eigenvalue weighted by molar-refractivity contribution is 6.30. The Labute approximate surface area is 148 Å². The smallest absolute Gasteiger partial charge is 0.225 e. The van der Waals surface area contributed by atoms with Crippen molar-refractivity contribution in [2.75, 3.05) is 42.9 Å². The van der Waals surface area contributed by atoms with Gasteiger partial charge in [-0.2, -0.15) is 0 Å². The van der Waals surface area contributed by atoms with E-state index in [1.54, 1.807) is 0 Å². The monoisotopic (exact) mass is 343 g/mol. The highest BCUT2D eigenvalue weighted by atomic mass is 35.5. The molecule has 1 heterocycles. The van der Waals surface area contributed by atoms with E-state index in [0.717, 1.165) is 43.4 Å². The van der Waals surface area contributed by atoms with Gasteiger partial charge in [0.25, 0.3) is 0 Å². The molecule has 24 heavy (non-hydrogen) atoms. The second-order valence-corrected chi connectivity index (χ2v) is 6.41. The van der Waals surface area contributed by atoms with E-state index in [1.165, 1.54) is 5.69 Å². The van der Waals surface area contributed by atoms with Gasteiger partial charge in [-0.1, -0.05) is 29.8 Å². The van der Waals surface area contributed by atoms with Crippen LogP contribution in [0.25, 0.3) is 0 Å². The summed E-state index contributed by atoms with van der Waals surface area (Å²) < 4.78 is 0. The molecule has 2 aromatic rings. The summed E-state index contributed by atoms with van der Waals surface area (Å²) in [7, 11) is 0. The van der Waals surface area contributed by atoms with Gasteiger partial charge in [0.15, 0.2) is 0 Å². The molecule has 0 atom stereocenters. The van der Waals surface area contributed by atoms with Crippen molar-refractivity contribution in [2.45, 2.75) is 6.42 Å². The number of nitrogens with one attached hydrogen (secondary N) is 1. The van der Waals surface area contributed by atoms with Gasteiger partial charge in [0.1, 0.15) is 0 Å². The zero-order valence-corrected chi connectivity index (χ0v) is 14.4. The Bertz CT molecular complexity index is 652. The lowest BCUT2D eigenvalue weighted by Gasteiger charge is -2.36. The second-order valence-electron chi connectivity index (χ2n) is 5.97. The lowest BCUT2D eigenvalue weighted by molar-refractivity contribution is -0.116. The number of hydrogen-bond acceptors (Lipinski definition) is 3. The largest absolute Gasteiger partial charge is 0.369 e. The van der Waals surface area contributed by atoms with E-state index in [2.05, 4.69) is 27.2 Å². The van der Waals surface area contributed by atoms with Crippen LogP contribution in [0, 0.1) is 0 Å². The fraction of sp³-hybridized carbons (Fsp3) is 0.316. The first-order valence-corrected chi connectivity index (χ1v) is 8.66. The van der Waals surface area contributed by atoms with E-state index in [1.807, 2.05) is 42.5 Å². The molecule has 0 unspecified atom stereocenters. The molecule has 1 saturated heterocycles. The number of carbonyl (C=O) groups excluding carboxylic acids is 1. The van der Waals surface area contributed by atoms with Crippen molar-refractivity contribution in [3.8, 4) is 0 Å². The van der Waals surface area contributed by atoms with Crippen LogP contribution in [0.2, 0.25) is 5.02 Å². The molecule has 1 N–H and O–H groups in total. The molecular weight excluding hydrogens is 322 g/mol. The summed E-state index contributed by atoms with van der Waals surface area (Å²) in [5, 5.41) is 3.70. The molecule has 1 fully saturated rings. The topological polar surface area (TPSA) is 35.6 Å².